The second-order valence-corrected chi connectivity index (χ2v) is 6.98. The van der Waals surface area contributed by atoms with E-state index in [1.165, 1.54) is 6.42 Å². The first-order valence-electron chi connectivity index (χ1n) is 8.07. The molecular formula is C16H27N3O2. The van der Waals surface area contributed by atoms with Crippen LogP contribution in [0.1, 0.15) is 44.6 Å². The molecular weight excluding hydrogens is 266 g/mol. The van der Waals surface area contributed by atoms with Gasteiger partial charge in [0.05, 0.1) is 18.4 Å². The van der Waals surface area contributed by atoms with Crippen molar-refractivity contribution < 1.29 is 9.84 Å². The van der Waals surface area contributed by atoms with Gasteiger partial charge >= 0.3 is 0 Å². The summed E-state index contributed by atoms with van der Waals surface area (Å²) in [5.41, 5.74) is 0.300. The van der Waals surface area contributed by atoms with Gasteiger partial charge in [0.1, 0.15) is 5.60 Å². The molecule has 1 aromatic heterocycles. The summed E-state index contributed by atoms with van der Waals surface area (Å²) in [6, 6.07) is 0. The topological polar surface area (TPSA) is 50.5 Å². The molecule has 1 unspecified atom stereocenters. The third-order valence-electron chi connectivity index (χ3n) is 4.97. The number of nitrogens with zero attached hydrogens (tertiary/aromatic N) is 3. The highest BCUT2D eigenvalue weighted by Gasteiger charge is 2.38. The van der Waals surface area contributed by atoms with Crippen LogP contribution in [0.2, 0.25) is 0 Å². The third-order valence-corrected chi connectivity index (χ3v) is 4.97. The van der Waals surface area contributed by atoms with E-state index in [-0.39, 0.29) is 5.60 Å². The molecule has 0 radical (unpaired) electrons. The molecule has 1 N–H and O–H groups in total. The van der Waals surface area contributed by atoms with Gasteiger partial charge in [-0.15, -0.1) is 0 Å². The van der Waals surface area contributed by atoms with Crippen molar-refractivity contribution in [2.45, 2.75) is 50.2 Å². The fraction of sp³-hybridized carbons (Fsp3) is 0.812. The average Bonchev–Trinajstić information content (AvgIpc) is 2.87. The Morgan fingerprint density at radius 3 is 2.76 bits per heavy atom. The van der Waals surface area contributed by atoms with Crippen molar-refractivity contribution >= 4 is 0 Å². The van der Waals surface area contributed by atoms with E-state index in [9.17, 15) is 5.11 Å². The molecule has 1 atom stereocenters. The number of hydrogen-bond donors (Lipinski definition) is 1. The van der Waals surface area contributed by atoms with E-state index in [0.717, 1.165) is 50.9 Å². The second kappa shape index (κ2) is 5.71. The number of aliphatic hydroxyl groups is 1. The molecule has 118 valence electrons. The summed E-state index contributed by atoms with van der Waals surface area (Å²) in [5.74, 6) is 0. The lowest BCUT2D eigenvalue weighted by molar-refractivity contribution is -0.124. The highest BCUT2D eigenvalue weighted by Crippen LogP contribution is 2.33. The van der Waals surface area contributed by atoms with Crippen molar-refractivity contribution in [2.75, 3.05) is 26.2 Å². The molecule has 21 heavy (non-hydrogen) atoms. The molecule has 1 aliphatic carbocycles. The van der Waals surface area contributed by atoms with Gasteiger partial charge in [0, 0.05) is 38.4 Å². The fourth-order valence-corrected chi connectivity index (χ4v) is 3.74. The Labute approximate surface area is 126 Å². The zero-order valence-electron chi connectivity index (χ0n) is 13.2. The van der Waals surface area contributed by atoms with Crippen LogP contribution in [0.3, 0.4) is 0 Å². The van der Waals surface area contributed by atoms with E-state index in [4.69, 9.17) is 4.74 Å². The summed E-state index contributed by atoms with van der Waals surface area (Å²) in [6.07, 6.45) is 9.36. The van der Waals surface area contributed by atoms with Gasteiger partial charge in [-0.2, -0.15) is 5.10 Å². The Morgan fingerprint density at radius 2 is 2.10 bits per heavy atom. The Morgan fingerprint density at radius 1 is 1.33 bits per heavy atom. The maximum Gasteiger partial charge on any atom is 0.106 e. The number of ether oxygens (including phenoxy) is 1. The van der Waals surface area contributed by atoms with Gasteiger partial charge in [-0.3, -0.25) is 9.58 Å². The van der Waals surface area contributed by atoms with E-state index in [0.29, 0.717) is 6.61 Å². The molecule has 0 amide bonds. The van der Waals surface area contributed by atoms with Crippen molar-refractivity contribution in [3.63, 3.8) is 0 Å². The molecule has 0 aromatic carbocycles. The molecule has 5 heteroatoms. The molecule has 0 spiro atoms. The van der Waals surface area contributed by atoms with E-state index < -0.39 is 5.60 Å². The highest BCUT2D eigenvalue weighted by atomic mass is 16.5. The monoisotopic (exact) mass is 293 g/mol. The van der Waals surface area contributed by atoms with Crippen molar-refractivity contribution in [1.82, 2.24) is 14.7 Å². The zero-order valence-corrected chi connectivity index (χ0v) is 13.2. The van der Waals surface area contributed by atoms with Crippen molar-refractivity contribution in [3.8, 4) is 0 Å². The van der Waals surface area contributed by atoms with Crippen LogP contribution in [-0.4, -0.2) is 51.6 Å². The van der Waals surface area contributed by atoms with E-state index >= 15 is 0 Å². The van der Waals surface area contributed by atoms with Crippen LogP contribution >= 0.6 is 0 Å². The molecule has 1 saturated carbocycles. The number of aromatic nitrogens is 2. The number of aryl methyl sites for hydroxylation is 1. The van der Waals surface area contributed by atoms with E-state index in [2.05, 4.69) is 16.9 Å². The minimum Gasteiger partial charge on any atom is -0.389 e. The van der Waals surface area contributed by atoms with Crippen molar-refractivity contribution in [3.05, 3.63) is 18.0 Å². The normalized spacial score (nSPS) is 30.4. The molecule has 0 bridgehead atoms. The van der Waals surface area contributed by atoms with Gasteiger partial charge in [-0.1, -0.05) is 19.3 Å². The molecule has 2 heterocycles. The first kappa shape index (κ1) is 15.0. The van der Waals surface area contributed by atoms with Crippen LogP contribution in [0.5, 0.6) is 0 Å². The summed E-state index contributed by atoms with van der Waals surface area (Å²) in [5, 5.41) is 15.0. The molecule has 3 rings (SSSR count). The lowest BCUT2D eigenvalue weighted by Gasteiger charge is -2.44. The van der Waals surface area contributed by atoms with Gasteiger partial charge in [0.2, 0.25) is 0 Å². The van der Waals surface area contributed by atoms with E-state index in [1.54, 1.807) is 0 Å². The second-order valence-electron chi connectivity index (χ2n) is 6.98. The quantitative estimate of drug-likeness (QED) is 0.921. The maximum absolute atomic E-state index is 10.8. The van der Waals surface area contributed by atoms with Crippen molar-refractivity contribution in [1.29, 1.82) is 0 Å². The summed E-state index contributed by atoms with van der Waals surface area (Å²) in [7, 11) is 1.93. The van der Waals surface area contributed by atoms with Gasteiger partial charge in [0.15, 0.2) is 0 Å². The summed E-state index contributed by atoms with van der Waals surface area (Å²) in [6.45, 7) is 5.33. The lowest BCUT2D eigenvalue weighted by Crippen LogP contribution is -2.53. The Bertz CT molecular complexity index is 482. The Kier molecular flexibility index (Phi) is 4.08. The molecule has 5 nitrogen and oxygen atoms in total. The standard InChI is InChI=1S/C16H27N3O2/c1-15(14-10-17-18(2)11-14)12-19(8-9-21-15)13-16(20)6-4-3-5-7-16/h10-11,20H,3-9,12-13H2,1-2H3. The number of hydrogen-bond acceptors (Lipinski definition) is 4. The average molecular weight is 293 g/mol. The van der Waals surface area contributed by atoms with Gasteiger partial charge < -0.3 is 9.84 Å². The largest absolute Gasteiger partial charge is 0.389 e. The van der Waals surface area contributed by atoms with Crippen LogP contribution in [0.25, 0.3) is 0 Å². The van der Waals surface area contributed by atoms with E-state index in [1.807, 2.05) is 24.1 Å². The zero-order chi connectivity index (χ0) is 14.9. The molecule has 2 aliphatic rings. The van der Waals surface area contributed by atoms with Gasteiger partial charge in [-0.05, 0) is 19.8 Å². The van der Waals surface area contributed by atoms with Crippen LogP contribution in [0.15, 0.2) is 12.4 Å². The van der Waals surface area contributed by atoms with Gasteiger partial charge in [0.25, 0.3) is 0 Å². The smallest absolute Gasteiger partial charge is 0.106 e. The summed E-state index contributed by atoms with van der Waals surface area (Å²) < 4.78 is 7.86. The van der Waals surface area contributed by atoms with Crippen LogP contribution in [0, 0.1) is 0 Å². The highest BCUT2D eigenvalue weighted by molar-refractivity contribution is 5.16. The van der Waals surface area contributed by atoms with Crippen LogP contribution < -0.4 is 0 Å². The SMILES string of the molecule is Cn1cc(C2(C)CN(CC3(O)CCCCC3)CCO2)cn1. The van der Waals surface area contributed by atoms with Crippen LogP contribution in [0.4, 0.5) is 0 Å². The first-order valence-corrected chi connectivity index (χ1v) is 8.07. The fourth-order valence-electron chi connectivity index (χ4n) is 3.74. The minimum absolute atomic E-state index is 0.322. The minimum atomic E-state index is -0.495. The number of rotatable bonds is 3. The molecule has 1 aromatic rings. The van der Waals surface area contributed by atoms with Gasteiger partial charge in [-0.25, -0.2) is 0 Å². The summed E-state index contributed by atoms with van der Waals surface area (Å²) in [4.78, 5) is 2.36. The predicted molar refractivity (Wildman–Crippen MR) is 81.0 cm³/mol. The lowest BCUT2D eigenvalue weighted by atomic mass is 9.84. The number of β-amino-alcohol motifs (C(OH)–C–C–N with tert-alkyl or cyclic N) is 1. The molecule has 1 aliphatic heterocycles. The number of morpholine rings is 1. The Hall–Kier alpha value is -0.910. The predicted octanol–water partition coefficient (Wildman–Crippen LogP) is 1.66. The maximum atomic E-state index is 10.8. The van der Waals surface area contributed by atoms with Crippen LogP contribution in [-0.2, 0) is 17.4 Å². The molecule has 2 fully saturated rings. The third kappa shape index (κ3) is 3.30. The summed E-state index contributed by atoms with van der Waals surface area (Å²) >= 11 is 0. The first-order chi connectivity index (χ1) is 9.99. The Balaban J connectivity index is 1.68. The molecule has 1 saturated heterocycles. The van der Waals surface area contributed by atoms with Crippen molar-refractivity contribution in [2.24, 2.45) is 7.05 Å².